The summed E-state index contributed by atoms with van der Waals surface area (Å²) in [7, 11) is 0. The van der Waals surface area contributed by atoms with Gasteiger partial charge < -0.3 is 15.4 Å². The van der Waals surface area contributed by atoms with Crippen LogP contribution in [0.25, 0.3) is 0 Å². The van der Waals surface area contributed by atoms with Gasteiger partial charge in [-0.25, -0.2) is 0 Å². The van der Waals surface area contributed by atoms with E-state index in [0.717, 1.165) is 0 Å². The van der Waals surface area contributed by atoms with Gasteiger partial charge >= 0.3 is 0 Å². The standard InChI is InChI=1S/C9H14N2O2/c1-7(12)2-4-11-5-3-9(13)8(10)6-11/h3,5-7,12H,2,4,10H2,1H3. The van der Waals surface area contributed by atoms with Gasteiger partial charge in [-0.15, -0.1) is 0 Å². The third kappa shape index (κ3) is 2.91. The minimum Gasteiger partial charge on any atom is -0.394 e. The number of hydrogen-bond donors (Lipinski definition) is 2. The first-order chi connectivity index (χ1) is 6.09. The third-order valence-corrected chi connectivity index (χ3v) is 1.81. The van der Waals surface area contributed by atoms with Crippen molar-refractivity contribution in [2.24, 2.45) is 0 Å². The van der Waals surface area contributed by atoms with Crippen LogP contribution in [0.3, 0.4) is 0 Å². The molecule has 0 saturated heterocycles. The van der Waals surface area contributed by atoms with Gasteiger partial charge in [0.05, 0.1) is 11.8 Å². The van der Waals surface area contributed by atoms with Crippen molar-refractivity contribution in [3.05, 3.63) is 28.7 Å². The van der Waals surface area contributed by atoms with Crippen LogP contribution in [0.2, 0.25) is 0 Å². The Kier molecular flexibility index (Phi) is 3.08. The number of pyridine rings is 1. The molecule has 0 amide bonds. The van der Waals surface area contributed by atoms with Gasteiger partial charge in [0.25, 0.3) is 0 Å². The van der Waals surface area contributed by atoms with Crippen LogP contribution in [0.15, 0.2) is 23.3 Å². The van der Waals surface area contributed by atoms with E-state index in [0.29, 0.717) is 13.0 Å². The van der Waals surface area contributed by atoms with Gasteiger partial charge in [-0.2, -0.15) is 0 Å². The van der Waals surface area contributed by atoms with E-state index in [-0.39, 0.29) is 17.2 Å². The van der Waals surface area contributed by atoms with Crippen molar-refractivity contribution in [2.75, 3.05) is 5.73 Å². The highest BCUT2D eigenvalue weighted by Crippen LogP contribution is 1.97. The average molecular weight is 182 g/mol. The Morgan fingerprint density at radius 2 is 2.38 bits per heavy atom. The minimum atomic E-state index is -0.333. The van der Waals surface area contributed by atoms with Crippen LogP contribution in [0.5, 0.6) is 0 Å². The molecule has 0 bridgehead atoms. The molecule has 1 aromatic rings. The van der Waals surface area contributed by atoms with Crippen LogP contribution in [0.1, 0.15) is 13.3 Å². The fourth-order valence-corrected chi connectivity index (χ4v) is 1.02. The fourth-order valence-electron chi connectivity index (χ4n) is 1.02. The predicted molar refractivity (Wildman–Crippen MR) is 51.4 cm³/mol. The van der Waals surface area contributed by atoms with Gasteiger partial charge in [-0.05, 0) is 13.3 Å². The molecule has 1 aromatic heterocycles. The van der Waals surface area contributed by atoms with E-state index in [9.17, 15) is 4.79 Å². The van der Waals surface area contributed by atoms with Crippen molar-refractivity contribution < 1.29 is 5.11 Å². The van der Waals surface area contributed by atoms with E-state index < -0.39 is 0 Å². The van der Waals surface area contributed by atoms with Crippen molar-refractivity contribution in [1.82, 2.24) is 4.57 Å². The van der Waals surface area contributed by atoms with Crippen LogP contribution in [-0.2, 0) is 6.54 Å². The Labute approximate surface area is 76.6 Å². The molecule has 0 saturated carbocycles. The van der Waals surface area contributed by atoms with Gasteiger partial charge in [-0.1, -0.05) is 0 Å². The molecule has 13 heavy (non-hydrogen) atoms. The maximum absolute atomic E-state index is 10.9. The Bertz CT molecular complexity index is 331. The summed E-state index contributed by atoms with van der Waals surface area (Å²) < 4.78 is 1.80. The van der Waals surface area contributed by atoms with Gasteiger partial charge in [0.2, 0.25) is 5.43 Å². The molecule has 4 nitrogen and oxygen atoms in total. The molecule has 0 radical (unpaired) electrons. The van der Waals surface area contributed by atoms with Crippen molar-refractivity contribution in [2.45, 2.75) is 26.0 Å². The van der Waals surface area contributed by atoms with Crippen LogP contribution in [-0.4, -0.2) is 15.8 Å². The lowest BCUT2D eigenvalue weighted by Crippen LogP contribution is -2.12. The number of aliphatic hydroxyl groups excluding tert-OH is 1. The van der Waals surface area contributed by atoms with Gasteiger partial charge in [0, 0.05) is 25.0 Å². The molecule has 0 spiro atoms. The molecule has 1 rings (SSSR count). The summed E-state index contributed by atoms with van der Waals surface area (Å²) in [5, 5.41) is 9.03. The largest absolute Gasteiger partial charge is 0.394 e. The van der Waals surface area contributed by atoms with E-state index in [1.807, 2.05) is 0 Å². The molecule has 3 N–H and O–H groups in total. The molecule has 72 valence electrons. The summed E-state index contributed by atoms with van der Waals surface area (Å²) in [5.74, 6) is 0. The van der Waals surface area contributed by atoms with Crippen molar-refractivity contribution in [3.63, 3.8) is 0 Å². The van der Waals surface area contributed by atoms with E-state index in [1.54, 1.807) is 23.9 Å². The highest BCUT2D eigenvalue weighted by Gasteiger charge is 1.97. The number of hydrogen-bond acceptors (Lipinski definition) is 3. The number of nitrogens with two attached hydrogens (primary N) is 1. The second-order valence-electron chi connectivity index (χ2n) is 3.14. The van der Waals surface area contributed by atoms with E-state index in [2.05, 4.69) is 0 Å². The monoisotopic (exact) mass is 182 g/mol. The molecule has 0 aliphatic rings. The van der Waals surface area contributed by atoms with Gasteiger partial charge in [0.15, 0.2) is 0 Å². The molecule has 1 heterocycles. The normalized spacial score (nSPS) is 12.8. The summed E-state index contributed by atoms with van der Waals surface area (Å²) >= 11 is 0. The summed E-state index contributed by atoms with van der Waals surface area (Å²) in [6.07, 6.45) is 3.58. The van der Waals surface area contributed by atoms with Crippen LogP contribution in [0, 0.1) is 0 Å². The average Bonchev–Trinajstić information content (AvgIpc) is 2.07. The number of aryl methyl sites for hydroxylation is 1. The zero-order valence-corrected chi connectivity index (χ0v) is 7.60. The molecule has 1 atom stereocenters. The van der Waals surface area contributed by atoms with E-state index >= 15 is 0 Å². The fraction of sp³-hybridized carbons (Fsp3) is 0.444. The number of rotatable bonds is 3. The number of nitrogens with zero attached hydrogens (tertiary/aromatic N) is 1. The van der Waals surface area contributed by atoms with Crippen molar-refractivity contribution in [3.8, 4) is 0 Å². The Morgan fingerprint density at radius 3 is 2.92 bits per heavy atom. The SMILES string of the molecule is CC(O)CCn1ccc(=O)c(N)c1. The predicted octanol–water partition coefficient (Wildman–Crippen LogP) is 0.201. The summed E-state index contributed by atoms with van der Waals surface area (Å²) in [5.41, 5.74) is 5.52. The first-order valence-corrected chi connectivity index (χ1v) is 4.23. The second-order valence-corrected chi connectivity index (χ2v) is 3.14. The van der Waals surface area contributed by atoms with Crippen molar-refractivity contribution in [1.29, 1.82) is 0 Å². The Hall–Kier alpha value is -1.29. The second kappa shape index (κ2) is 4.09. The smallest absolute Gasteiger partial charge is 0.204 e. The van der Waals surface area contributed by atoms with E-state index in [1.165, 1.54) is 6.07 Å². The quantitative estimate of drug-likeness (QED) is 0.701. The summed E-state index contributed by atoms with van der Waals surface area (Å²) in [6, 6.07) is 1.43. The zero-order valence-electron chi connectivity index (χ0n) is 7.60. The van der Waals surface area contributed by atoms with E-state index in [4.69, 9.17) is 10.8 Å². The Balaban J connectivity index is 2.69. The van der Waals surface area contributed by atoms with Crippen LogP contribution < -0.4 is 11.2 Å². The molecule has 0 fully saturated rings. The maximum atomic E-state index is 10.9. The number of aliphatic hydroxyl groups is 1. The van der Waals surface area contributed by atoms with Crippen LogP contribution in [0.4, 0.5) is 5.69 Å². The minimum absolute atomic E-state index is 0.159. The highest BCUT2D eigenvalue weighted by molar-refractivity contribution is 5.33. The molecule has 0 aliphatic heterocycles. The zero-order chi connectivity index (χ0) is 9.84. The van der Waals surface area contributed by atoms with Crippen molar-refractivity contribution >= 4 is 5.69 Å². The Morgan fingerprint density at radius 1 is 1.69 bits per heavy atom. The van der Waals surface area contributed by atoms with Gasteiger partial charge in [-0.3, -0.25) is 4.79 Å². The third-order valence-electron chi connectivity index (χ3n) is 1.81. The number of anilines is 1. The lowest BCUT2D eigenvalue weighted by molar-refractivity contribution is 0.178. The maximum Gasteiger partial charge on any atom is 0.204 e. The number of aromatic nitrogens is 1. The summed E-state index contributed by atoms with van der Waals surface area (Å²) in [6.45, 7) is 2.40. The molecule has 0 aliphatic carbocycles. The first-order valence-electron chi connectivity index (χ1n) is 4.23. The molecular weight excluding hydrogens is 168 g/mol. The lowest BCUT2D eigenvalue weighted by atomic mass is 10.3. The summed E-state index contributed by atoms with van der Waals surface area (Å²) in [4.78, 5) is 10.9. The molecule has 4 heteroatoms. The molecular formula is C9H14N2O2. The highest BCUT2D eigenvalue weighted by atomic mass is 16.3. The number of nitrogen functional groups attached to an aromatic ring is 1. The molecule has 1 unspecified atom stereocenters. The first kappa shape index (κ1) is 9.80. The molecule has 0 aromatic carbocycles. The lowest BCUT2D eigenvalue weighted by Gasteiger charge is -2.07. The topological polar surface area (TPSA) is 68.2 Å². The van der Waals surface area contributed by atoms with Gasteiger partial charge in [0.1, 0.15) is 0 Å². The van der Waals surface area contributed by atoms with Crippen LogP contribution >= 0.6 is 0 Å².